The minimum Gasteiger partial charge on any atom is -0.478 e. The zero-order valence-corrected chi connectivity index (χ0v) is 11.0. The van der Waals surface area contributed by atoms with Gasteiger partial charge in [0.2, 0.25) is 0 Å². The number of nitrogens with one attached hydrogen (secondary N) is 2. The van der Waals surface area contributed by atoms with Gasteiger partial charge in [0.15, 0.2) is 0 Å². The molecule has 1 aromatic rings. The van der Waals surface area contributed by atoms with E-state index in [1.807, 2.05) is 0 Å². The number of aliphatic hydroxyl groups is 1. The van der Waals surface area contributed by atoms with E-state index in [0.717, 1.165) is 12.8 Å². The molecule has 0 radical (unpaired) electrons. The highest BCUT2D eigenvalue weighted by Crippen LogP contribution is 2.18. The minimum atomic E-state index is -0.998. The van der Waals surface area contributed by atoms with Crippen LogP contribution in [0.5, 0.6) is 0 Å². The van der Waals surface area contributed by atoms with Crippen molar-refractivity contribution in [2.24, 2.45) is 0 Å². The number of aliphatic hydroxyl groups excluding tert-OH is 1. The molecular weight excluding hydrogens is 260 g/mol. The van der Waals surface area contributed by atoms with Crippen LogP contribution in [-0.4, -0.2) is 34.4 Å². The second kappa shape index (κ2) is 6.38. The van der Waals surface area contributed by atoms with Crippen LogP contribution in [0, 0.1) is 0 Å². The van der Waals surface area contributed by atoms with Gasteiger partial charge >= 0.3 is 12.0 Å². The Hall–Kier alpha value is -2.08. The number of aromatic carboxylic acids is 1. The van der Waals surface area contributed by atoms with Gasteiger partial charge in [0, 0.05) is 11.7 Å². The molecule has 6 heteroatoms. The molecular formula is C14H18N2O4. The summed E-state index contributed by atoms with van der Waals surface area (Å²) < 4.78 is 0. The monoisotopic (exact) mass is 278 g/mol. The lowest BCUT2D eigenvalue weighted by Gasteiger charge is -2.26. The minimum absolute atomic E-state index is 0.0803. The van der Waals surface area contributed by atoms with Crippen LogP contribution < -0.4 is 10.6 Å². The smallest absolute Gasteiger partial charge is 0.335 e. The van der Waals surface area contributed by atoms with Crippen molar-refractivity contribution in [3.63, 3.8) is 0 Å². The van der Waals surface area contributed by atoms with E-state index < -0.39 is 5.97 Å². The Balaban J connectivity index is 1.83. The van der Waals surface area contributed by atoms with Crippen LogP contribution in [-0.2, 0) is 0 Å². The first kappa shape index (κ1) is 14.3. The molecule has 1 saturated carbocycles. The molecule has 0 bridgehead atoms. The molecule has 0 spiro atoms. The van der Waals surface area contributed by atoms with Crippen LogP contribution in [0.1, 0.15) is 36.0 Å². The van der Waals surface area contributed by atoms with E-state index in [9.17, 15) is 14.7 Å². The fourth-order valence-corrected chi connectivity index (χ4v) is 2.27. The van der Waals surface area contributed by atoms with Crippen molar-refractivity contribution in [2.45, 2.75) is 37.8 Å². The summed E-state index contributed by atoms with van der Waals surface area (Å²) in [5.41, 5.74) is 0.723. The molecule has 1 aliphatic carbocycles. The van der Waals surface area contributed by atoms with Gasteiger partial charge in [0.1, 0.15) is 0 Å². The number of benzene rings is 1. The van der Waals surface area contributed by atoms with E-state index in [1.165, 1.54) is 12.1 Å². The molecule has 108 valence electrons. The summed E-state index contributed by atoms with van der Waals surface area (Å²) in [6.45, 7) is 0. The highest BCUT2D eigenvalue weighted by atomic mass is 16.4. The van der Waals surface area contributed by atoms with E-state index in [4.69, 9.17) is 5.11 Å². The van der Waals surface area contributed by atoms with Crippen molar-refractivity contribution in [1.82, 2.24) is 5.32 Å². The number of amides is 2. The maximum atomic E-state index is 11.8. The molecule has 2 rings (SSSR count). The number of urea groups is 1. The third kappa shape index (κ3) is 3.96. The third-order valence-corrected chi connectivity index (χ3v) is 3.42. The van der Waals surface area contributed by atoms with Gasteiger partial charge in [-0.05, 0) is 49.9 Å². The number of hydrogen-bond acceptors (Lipinski definition) is 3. The summed E-state index contributed by atoms with van der Waals surface area (Å²) in [5.74, 6) is -0.998. The Morgan fingerprint density at radius 1 is 1.05 bits per heavy atom. The van der Waals surface area contributed by atoms with Crippen LogP contribution in [0.3, 0.4) is 0 Å². The molecule has 4 N–H and O–H groups in total. The molecule has 0 saturated heterocycles. The first-order valence-corrected chi connectivity index (χ1v) is 6.63. The van der Waals surface area contributed by atoms with E-state index in [1.54, 1.807) is 12.1 Å². The van der Waals surface area contributed by atoms with E-state index in [2.05, 4.69) is 10.6 Å². The number of carbonyl (C=O) groups excluding carboxylic acids is 1. The topological polar surface area (TPSA) is 98.7 Å². The Morgan fingerprint density at radius 2 is 1.65 bits per heavy atom. The predicted molar refractivity (Wildman–Crippen MR) is 73.8 cm³/mol. The van der Waals surface area contributed by atoms with Crippen molar-refractivity contribution in [2.75, 3.05) is 5.32 Å². The standard InChI is InChI=1S/C14H18N2O4/c17-12-7-5-11(6-8-12)16-14(20)15-10-3-1-9(2-4-10)13(18)19/h1-4,11-12,17H,5-8H2,(H,18,19)(H2,15,16,20). The van der Waals surface area contributed by atoms with Gasteiger partial charge in [-0.15, -0.1) is 0 Å². The maximum absolute atomic E-state index is 11.8. The first-order valence-electron chi connectivity index (χ1n) is 6.63. The molecule has 20 heavy (non-hydrogen) atoms. The van der Waals surface area contributed by atoms with Gasteiger partial charge in [-0.3, -0.25) is 0 Å². The summed E-state index contributed by atoms with van der Waals surface area (Å²) in [6, 6.07) is 5.75. The van der Waals surface area contributed by atoms with Gasteiger partial charge in [-0.25, -0.2) is 9.59 Å². The van der Waals surface area contributed by atoms with Gasteiger partial charge in [-0.1, -0.05) is 0 Å². The summed E-state index contributed by atoms with van der Waals surface area (Å²) in [7, 11) is 0. The third-order valence-electron chi connectivity index (χ3n) is 3.42. The Morgan fingerprint density at radius 3 is 2.20 bits per heavy atom. The largest absolute Gasteiger partial charge is 0.478 e. The van der Waals surface area contributed by atoms with Crippen LogP contribution >= 0.6 is 0 Å². The van der Waals surface area contributed by atoms with Gasteiger partial charge in [-0.2, -0.15) is 0 Å². The molecule has 6 nitrogen and oxygen atoms in total. The molecule has 0 heterocycles. The molecule has 2 amide bonds. The molecule has 0 unspecified atom stereocenters. The number of carboxylic acid groups (broad SMARTS) is 1. The number of carbonyl (C=O) groups is 2. The van der Waals surface area contributed by atoms with Gasteiger partial charge in [0.05, 0.1) is 11.7 Å². The zero-order chi connectivity index (χ0) is 14.5. The van der Waals surface area contributed by atoms with Crippen LogP contribution in [0.2, 0.25) is 0 Å². The lowest BCUT2D eigenvalue weighted by molar-refractivity contribution is 0.0697. The number of carboxylic acids is 1. The lowest BCUT2D eigenvalue weighted by atomic mass is 9.93. The fourth-order valence-electron chi connectivity index (χ4n) is 2.27. The average molecular weight is 278 g/mol. The van der Waals surface area contributed by atoms with Crippen LogP contribution in [0.4, 0.5) is 10.5 Å². The second-order valence-corrected chi connectivity index (χ2v) is 4.99. The molecule has 1 aliphatic rings. The van der Waals surface area contributed by atoms with Crippen molar-refractivity contribution < 1.29 is 19.8 Å². The Labute approximate surface area is 116 Å². The number of hydrogen-bond donors (Lipinski definition) is 4. The SMILES string of the molecule is O=C(Nc1ccc(C(=O)O)cc1)NC1CCC(O)CC1. The predicted octanol–water partition coefficient (Wildman–Crippen LogP) is 1.81. The molecule has 0 aliphatic heterocycles. The molecule has 1 aromatic carbocycles. The molecule has 0 aromatic heterocycles. The number of anilines is 1. The van der Waals surface area contributed by atoms with Gasteiger partial charge in [0.25, 0.3) is 0 Å². The van der Waals surface area contributed by atoms with Crippen molar-refractivity contribution in [3.8, 4) is 0 Å². The van der Waals surface area contributed by atoms with E-state index in [-0.39, 0.29) is 23.7 Å². The summed E-state index contributed by atoms with van der Waals surface area (Å²) >= 11 is 0. The highest BCUT2D eigenvalue weighted by Gasteiger charge is 2.20. The normalized spacial score (nSPS) is 22.1. The summed E-state index contributed by atoms with van der Waals surface area (Å²) in [5, 5.41) is 23.7. The quantitative estimate of drug-likeness (QED) is 0.677. The summed E-state index contributed by atoms with van der Waals surface area (Å²) in [4.78, 5) is 22.5. The molecule has 0 atom stereocenters. The molecule has 1 fully saturated rings. The van der Waals surface area contributed by atoms with Crippen molar-refractivity contribution in [3.05, 3.63) is 29.8 Å². The second-order valence-electron chi connectivity index (χ2n) is 4.99. The Bertz CT molecular complexity index is 478. The van der Waals surface area contributed by atoms with E-state index in [0.29, 0.717) is 18.5 Å². The average Bonchev–Trinajstić information content (AvgIpc) is 2.42. The van der Waals surface area contributed by atoms with Crippen molar-refractivity contribution >= 4 is 17.7 Å². The highest BCUT2D eigenvalue weighted by molar-refractivity contribution is 5.91. The fraction of sp³-hybridized carbons (Fsp3) is 0.429. The maximum Gasteiger partial charge on any atom is 0.335 e. The zero-order valence-electron chi connectivity index (χ0n) is 11.0. The van der Waals surface area contributed by atoms with Gasteiger partial charge < -0.3 is 20.8 Å². The summed E-state index contributed by atoms with van der Waals surface area (Å²) in [6.07, 6.45) is 2.70. The van der Waals surface area contributed by atoms with Crippen LogP contribution in [0.25, 0.3) is 0 Å². The number of rotatable bonds is 3. The van der Waals surface area contributed by atoms with E-state index >= 15 is 0 Å². The first-order chi connectivity index (χ1) is 9.54. The Kier molecular flexibility index (Phi) is 4.57. The van der Waals surface area contributed by atoms with Crippen molar-refractivity contribution in [1.29, 1.82) is 0 Å². The lowest BCUT2D eigenvalue weighted by Crippen LogP contribution is -2.40. The van der Waals surface area contributed by atoms with Crippen LogP contribution in [0.15, 0.2) is 24.3 Å².